The van der Waals surface area contributed by atoms with Crippen molar-refractivity contribution in [1.29, 1.82) is 0 Å². The van der Waals surface area contributed by atoms with Crippen molar-refractivity contribution in [1.82, 2.24) is 4.90 Å². The Bertz CT molecular complexity index is 1360. The van der Waals surface area contributed by atoms with E-state index in [2.05, 4.69) is 16.7 Å². The number of para-hydroxylation sites is 1. The van der Waals surface area contributed by atoms with Crippen LogP contribution < -0.4 is 10.5 Å². The minimum absolute atomic E-state index is 0.165. The fraction of sp³-hybridized carbons (Fsp3) is 0.250. The van der Waals surface area contributed by atoms with Gasteiger partial charge in [0.25, 0.3) is 0 Å². The highest BCUT2D eigenvalue weighted by molar-refractivity contribution is 7.93. The summed E-state index contributed by atoms with van der Waals surface area (Å²) in [5, 5.41) is 9.71. The summed E-state index contributed by atoms with van der Waals surface area (Å²) in [5.74, 6) is 5.32. The molecule has 1 fully saturated rings. The summed E-state index contributed by atoms with van der Waals surface area (Å²) in [4.78, 5) is 11.4. The second kappa shape index (κ2) is 11.0. The SMILES string of the molecule is NC(CC#CCN1CCCC1)(C(=O)O)S(=O)(=O)c1ccc(-c2ccc(Oc3ccccc3)cc2)cc1. The molecule has 0 aliphatic carbocycles. The van der Waals surface area contributed by atoms with Crippen molar-refractivity contribution in [3.63, 3.8) is 0 Å². The second-order valence-electron chi connectivity index (χ2n) is 8.68. The molecule has 0 spiro atoms. The number of nitrogens with zero attached hydrogens (tertiary/aromatic N) is 1. The summed E-state index contributed by atoms with van der Waals surface area (Å²) in [6.07, 6.45) is 1.71. The molecule has 0 amide bonds. The first kappa shape index (κ1) is 25.5. The molecule has 36 heavy (non-hydrogen) atoms. The lowest BCUT2D eigenvalue weighted by Crippen LogP contribution is -2.54. The van der Waals surface area contributed by atoms with Gasteiger partial charge in [0.05, 0.1) is 17.9 Å². The van der Waals surface area contributed by atoms with E-state index in [1.165, 1.54) is 12.1 Å². The van der Waals surface area contributed by atoms with E-state index in [1.807, 2.05) is 54.6 Å². The molecule has 1 aliphatic rings. The van der Waals surface area contributed by atoms with Crippen LogP contribution in [0.3, 0.4) is 0 Å². The van der Waals surface area contributed by atoms with Crippen molar-refractivity contribution in [3.05, 3.63) is 78.9 Å². The summed E-state index contributed by atoms with van der Waals surface area (Å²) in [5.41, 5.74) is 7.57. The molecule has 3 aromatic carbocycles. The van der Waals surface area contributed by atoms with E-state index in [9.17, 15) is 18.3 Å². The molecule has 0 aromatic heterocycles. The summed E-state index contributed by atoms with van der Waals surface area (Å²) in [7, 11) is -4.40. The van der Waals surface area contributed by atoms with E-state index in [0.29, 0.717) is 12.3 Å². The topological polar surface area (TPSA) is 110 Å². The van der Waals surface area contributed by atoms with Crippen LogP contribution in [0.5, 0.6) is 11.5 Å². The highest BCUT2D eigenvalue weighted by Crippen LogP contribution is 2.29. The van der Waals surface area contributed by atoms with Gasteiger partial charge in [-0.25, -0.2) is 13.2 Å². The average molecular weight is 505 g/mol. The Morgan fingerprint density at radius 3 is 2.03 bits per heavy atom. The van der Waals surface area contributed by atoms with Gasteiger partial charge in [-0.15, -0.1) is 0 Å². The predicted octanol–water partition coefficient (Wildman–Crippen LogP) is 4.15. The van der Waals surface area contributed by atoms with Crippen LogP contribution in [-0.4, -0.2) is 48.9 Å². The van der Waals surface area contributed by atoms with Crippen LogP contribution in [0.4, 0.5) is 0 Å². The van der Waals surface area contributed by atoms with Crippen LogP contribution in [0.15, 0.2) is 83.8 Å². The normalized spacial score (nSPS) is 15.5. The van der Waals surface area contributed by atoms with Crippen molar-refractivity contribution >= 4 is 15.8 Å². The van der Waals surface area contributed by atoms with Crippen LogP contribution in [-0.2, 0) is 14.6 Å². The van der Waals surface area contributed by atoms with Gasteiger partial charge in [-0.1, -0.05) is 54.3 Å². The summed E-state index contributed by atoms with van der Waals surface area (Å²) in [6.45, 7) is 2.35. The first-order chi connectivity index (χ1) is 17.3. The number of benzene rings is 3. The lowest BCUT2D eigenvalue weighted by atomic mass is 10.1. The number of hydrogen-bond acceptors (Lipinski definition) is 6. The van der Waals surface area contributed by atoms with E-state index < -0.39 is 27.1 Å². The molecular formula is C28H28N2O5S. The zero-order valence-electron chi connectivity index (χ0n) is 19.8. The zero-order valence-corrected chi connectivity index (χ0v) is 20.6. The number of rotatable bonds is 8. The Kier molecular flexibility index (Phi) is 7.75. The second-order valence-corrected chi connectivity index (χ2v) is 10.9. The number of carbonyl (C=O) groups is 1. The Balaban J connectivity index is 1.48. The van der Waals surface area contributed by atoms with Crippen molar-refractivity contribution in [2.24, 2.45) is 5.73 Å². The number of sulfone groups is 1. The molecule has 4 rings (SSSR count). The molecule has 7 nitrogen and oxygen atoms in total. The fourth-order valence-corrected chi connectivity index (χ4v) is 5.37. The Morgan fingerprint density at radius 1 is 0.889 bits per heavy atom. The van der Waals surface area contributed by atoms with Gasteiger partial charge in [0.15, 0.2) is 0 Å². The molecule has 3 aromatic rings. The molecule has 1 unspecified atom stereocenters. The van der Waals surface area contributed by atoms with Gasteiger partial charge >= 0.3 is 5.97 Å². The van der Waals surface area contributed by atoms with Crippen molar-refractivity contribution in [3.8, 4) is 34.5 Å². The standard InChI is InChI=1S/C28H28N2O5S/c29-28(27(31)32,18-4-5-19-30-20-6-7-21-30)36(33,34)26-16-12-23(13-17-26)22-10-14-25(15-11-22)35-24-8-2-1-3-9-24/h1-3,8-17H,6-7,18-21,29H2,(H,31,32). The van der Waals surface area contributed by atoms with Gasteiger partial charge in [0.1, 0.15) is 11.5 Å². The Hall–Kier alpha value is -3.64. The lowest BCUT2D eigenvalue weighted by Gasteiger charge is -2.22. The molecule has 1 atom stereocenters. The van der Waals surface area contributed by atoms with Gasteiger partial charge in [-0.05, 0) is 73.5 Å². The highest BCUT2D eigenvalue weighted by Gasteiger charge is 2.48. The maximum Gasteiger partial charge on any atom is 0.340 e. The number of likely N-dealkylation sites (tertiary alicyclic amines) is 1. The monoisotopic (exact) mass is 504 g/mol. The zero-order chi connectivity index (χ0) is 25.6. The number of hydrogen-bond donors (Lipinski definition) is 2. The fourth-order valence-electron chi connectivity index (χ4n) is 3.96. The van der Waals surface area contributed by atoms with Crippen molar-refractivity contribution < 1.29 is 23.1 Å². The molecule has 0 radical (unpaired) electrons. The van der Waals surface area contributed by atoms with E-state index in [0.717, 1.165) is 42.8 Å². The summed E-state index contributed by atoms with van der Waals surface area (Å²) < 4.78 is 32.2. The number of carboxylic acid groups (broad SMARTS) is 1. The molecule has 186 valence electrons. The smallest absolute Gasteiger partial charge is 0.340 e. The third-order valence-electron chi connectivity index (χ3n) is 6.15. The molecule has 8 heteroatoms. The number of carboxylic acids is 1. The maximum absolute atomic E-state index is 13.2. The van der Waals surface area contributed by atoms with Gasteiger partial charge < -0.3 is 15.6 Å². The molecule has 1 saturated heterocycles. The summed E-state index contributed by atoms with van der Waals surface area (Å²) >= 11 is 0. The van der Waals surface area contributed by atoms with Gasteiger partial charge in [-0.2, -0.15) is 0 Å². The summed E-state index contributed by atoms with van der Waals surface area (Å²) in [6, 6.07) is 22.8. The first-order valence-electron chi connectivity index (χ1n) is 11.7. The van der Waals surface area contributed by atoms with Crippen molar-refractivity contribution in [2.45, 2.75) is 29.0 Å². The Labute approximate surface area is 211 Å². The average Bonchev–Trinajstić information content (AvgIpc) is 3.41. The third-order valence-corrected chi connectivity index (χ3v) is 8.32. The van der Waals surface area contributed by atoms with Crippen LogP contribution in [0.1, 0.15) is 19.3 Å². The van der Waals surface area contributed by atoms with Gasteiger partial charge in [-0.3, -0.25) is 4.90 Å². The predicted molar refractivity (Wildman–Crippen MR) is 138 cm³/mol. The number of ether oxygens (including phenoxy) is 1. The van der Waals surface area contributed by atoms with E-state index in [4.69, 9.17) is 10.5 Å². The van der Waals surface area contributed by atoms with Crippen LogP contribution >= 0.6 is 0 Å². The Morgan fingerprint density at radius 2 is 1.44 bits per heavy atom. The number of aliphatic carboxylic acids is 1. The molecule has 1 heterocycles. The van der Waals surface area contributed by atoms with Crippen LogP contribution in [0.2, 0.25) is 0 Å². The van der Waals surface area contributed by atoms with Crippen molar-refractivity contribution in [2.75, 3.05) is 19.6 Å². The molecule has 3 N–H and O–H groups in total. The first-order valence-corrected chi connectivity index (χ1v) is 13.2. The molecule has 0 bridgehead atoms. The minimum Gasteiger partial charge on any atom is -0.479 e. The number of nitrogens with two attached hydrogens (primary N) is 1. The van der Waals surface area contributed by atoms with Gasteiger partial charge in [0, 0.05) is 0 Å². The molecule has 0 saturated carbocycles. The minimum atomic E-state index is -4.40. The van der Waals surface area contributed by atoms with Crippen LogP contribution in [0, 0.1) is 11.8 Å². The van der Waals surface area contributed by atoms with Crippen LogP contribution in [0.25, 0.3) is 11.1 Å². The molecule has 1 aliphatic heterocycles. The highest BCUT2D eigenvalue weighted by atomic mass is 32.2. The lowest BCUT2D eigenvalue weighted by molar-refractivity contribution is -0.139. The van der Waals surface area contributed by atoms with E-state index in [1.54, 1.807) is 12.1 Å². The van der Waals surface area contributed by atoms with E-state index >= 15 is 0 Å². The quantitative estimate of drug-likeness (QED) is 0.444. The largest absolute Gasteiger partial charge is 0.479 e. The third kappa shape index (κ3) is 5.60. The van der Waals surface area contributed by atoms with E-state index in [-0.39, 0.29) is 4.90 Å². The van der Waals surface area contributed by atoms with Gasteiger partial charge in [0.2, 0.25) is 14.7 Å². The maximum atomic E-state index is 13.2. The molecular weight excluding hydrogens is 476 g/mol.